The second-order valence-electron chi connectivity index (χ2n) is 14.9. The maximum absolute atomic E-state index is 12.7. The van der Waals surface area contributed by atoms with Crippen LogP contribution in [-0.2, 0) is 28.6 Å². The summed E-state index contributed by atoms with van der Waals surface area (Å²) < 4.78 is 16.7. The van der Waals surface area contributed by atoms with Crippen LogP contribution in [0.2, 0.25) is 0 Å². The van der Waals surface area contributed by atoms with Crippen LogP contribution in [0, 0.1) is 0 Å². The van der Waals surface area contributed by atoms with Gasteiger partial charge in [0.2, 0.25) is 0 Å². The minimum absolute atomic E-state index is 0.0836. The van der Waals surface area contributed by atoms with E-state index in [1.807, 2.05) is 0 Å². The number of carbonyl (C=O) groups excluding carboxylic acids is 3. The molecule has 0 unspecified atom stereocenters. The molecule has 0 saturated heterocycles. The predicted octanol–water partition coefficient (Wildman–Crippen LogP) is 14.4. The number of hydrogen-bond donors (Lipinski definition) is 0. The van der Waals surface area contributed by atoms with Gasteiger partial charge in [0, 0.05) is 19.3 Å². The van der Waals surface area contributed by atoms with E-state index >= 15 is 0 Å². The zero-order valence-corrected chi connectivity index (χ0v) is 35.5. The highest BCUT2D eigenvalue weighted by Crippen LogP contribution is 2.14. The summed E-state index contributed by atoms with van der Waals surface area (Å²) in [5.41, 5.74) is 0. The first-order valence-electron chi connectivity index (χ1n) is 22.6. The second kappa shape index (κ2) is 43.1. The lowest BCUT2D eigenvalue weighted by Gasteiger charge is -2.18. The Bertz CT molecular complexity index is 964. The highest BCUT2D eigenvalue weighted by atomic mass is 16.6. The van der Waals surface area contributed by atoms with Crippen LogP contribution in [0.3, 0.4) is 0 Å². The van der Waals surface area contributed by atoms with Crippen molar-refractivity contribution in [1.29, 1.82) is 0 Å². The number of rotatable bonds is 40. The third kappa shape index (κ3) is 40.6. The highest BCUT2D eigenvalue weighted by molar-refractivity contribution is 5.71. The number of ether oxygens (including phenoxy) is 3. The maximum Gasteiger partial charge on any atom is 0.306 e. The zero-order chi connectivity index (χ0) is 39.4. The van der Waals surface area contributed by atoms with Crippen LogP contribution in [0.5, 0.6) is 0 Å². The van der Waals surface area contributed by atoms with Gasteiger partial charge in [0.25, 0.3) is 0 Å². The summed E-state index contributed by atoms with van der Waals surface area (Å²) in [5, 5.41) is 0. The molecule has 0 aromatic rings. The third-order valence-corrected chi connectivity index (χ3v) is 9.60. The van der Waals surface area contributed by atoms with Crippen molar-refractivity contribution < 1.29 is 28.6 Å². The van der Waals surface area contributed by atoms with Crippen LogP contribution < -0.4 is 0 Å². The Labute approximate surface area is 333 Å². The van der Waals surface area contributed by atoms with Crippen LogP contribution in [0.25, 0.3) is 0 Å². The molecule has 0 rings (SSSR count). The van der Waals surface area contributed by atoms with Crippen LogP contribution in [-0.4, -0.2) is 37.2 Å². The van der Waals surface area contributed by atoms with Gasteiger partial charge in [-0.2, -0.15) is 0 Å². The topological polar surface area (TPSA) is 78.9 Å². The van der Waals surface area contributed by atoms with E-state index in [0.29, 0.717) is 19.3 Å². The highest BCUT2D eigenvalue weighted by Gasteiger charge is 2.19. The molecule has 0 aromatic heterocycles. The SMILES string of the molecule is CC/C=C\C/C=C\C/C=C\C/C=C\CCCCC(=O)OC[C@@H](COC(=O)CCCCCCCCCCCC)OC(=O)CCCCCCCCCCCCC. The van der Waals surface area contributed by atoms with Gasteiger partial charge in [0.05, 0.1) is 0 Å². The van der Waals surface area contributed by atoms with E-state index in [1.54, 1.807) is 0 Å². The lowest BCUT2D eigenvalue weighted by molar-refractivity contribution is -0.167. The molecule has 0 aromatic carbocycles. The first-order chi connectivity index (χ1) is 26.5. The van der Waals surface area contributed by atoms with Crippen molar-refractivity contribution in [2.75, 3.05) is 13.2 Å². The molecule has 0 aliphatic rings. The molecular formula is C48H84O6. The van der Waals surface area contributed by atoms with Crippen molar-refractivity contribution in [3.05, 3.63) is 48.6 Å². The van der Waals surface area contributed by atoms with E-state index in [2.05, 4.69) is 69.4 Å². The molecule has 0 spiro atoms. The Kier molecular flexibility index (Phi) is 41.0. The van der Waals surface area contributed by atoms with Crippen LogP contribution in [0.4, 0.5) is 0 Å². The van der Waals surface area contributed by atoms with Gasteiger partial charge in [-0.15, -0.1) is 0 Å². The number of esters is 3. The van der Waals surface area contributed by atoms with Gasteiger partial charge in [0.15, 0.2) is 6.10 Å². The molecule has 6 nitrogen and oxygen atoms in total. The van der Waals surface area contributed by atoms with Crippen molar-refractivity contribution in [3.63, 3.8) is 0 Å². The van der Waals surface area contributed by atoms with E-state index in [1.165, 1.54) is 96.3 Å². The van der Waals surface area contributed by atoms with Gasteiger partial charge >= 0.3 is 17.9 Å². The molecule has 0 fully saturated rings. The molecule has 6 heteroatoms. The standard InChI is InChI=1S/C48H84O6/c1-4-7-10-13-16-19-22-23-24-25-27-29-32-35-38-41-47(50)53-44-45(43-52-46(49)40-37-34-31-28-21-18-15-12-9-6-3)54-48(51)42-39-36-33-30-26-20-17-14-11-8-5-2/h7,10,16,19,23-24,27,29,45H,4-6,8-9,11-15,17-18,20-22,25-26,28,30-44H2,1-3H3/b10-7-,19-16-,24-23-,29-27-/t45-/m1/s1. The molecule has 0 heterocycles. The van der Waals surface area contributed by atoms with Crippen molar-refractivity contribution >= 4 is 17.9 Å². The fraction of sp³-hybridized carbons (Fsp3) is 0.771. The van der Waals surface area contributed by atoms with E-state index in [-0.39, 0.29) is 31.1 Å². The Morgan fingerprint density at radius 1 is 0.389 bits per heavy atom. The van der Waals surface area contributed by atoms with Gasteiger partial charge in [-0.05, 0) is 57.8 Å². The molecule has 0 aliphatic carbocycles. The summed E-state index contributed by atoms with van der Waals surface area (Å²) in [6, 6.07) is 0. The largest absolute Gasteiger partial charge is 0.462 e. The van der Waals surface area contributed by atoms with Crippen molar-refractivity contribution in [2.45, 2.75) is 226 Å². The molecule has 0 bridgehead atoms. The molecule has 312 valence electrons. The van der Waals surface area contributed by atoms with Gasteiger partial charge in [-0.1, -0.05) is 191 Å². The first-order valence-corrected chi connectivity index (χ1v) is 22.6. The first kappa shape index (κ1) is 51.4. The van der Waals surface area contributed by atoms with Gasteiger partial charge < -0.3 is 14.2 Å². The Hall–Kier alpha value is -2.63. The molecule has 54 heavy (non-hydrogen) atoms. The van der Waals surface area contributed by atoms with E-state index in [0.717, 1.165) is 83.5 Å². The average molecular weight is 757 g/mol. The number of unbranched alkanes of at least 4 members (excludes halogenated alkanes) is 21. The fourth-order valence-corrected chi connectivity index (χ4v) is 6.20. The molecule has 0 saturated carbocycles. The van der Waals surface area contributed by atoms with Gasteiger partial charge in [-0.25, -0.2) is 0 Å². The summed E-state index contributed by atoms with van der Waals surface area (Å²) >= 11 is 0. The van der Waals surface area contributed by atoms with E-state index in [9.17, 15) is 14.4 Å². The Morgan fingerprint density at radius 2 is 0.722 bits per heavy atom. The van der Waals surface area contributed by atoms with Crippen molar-refractivity contribution in [2.24, 2.45) is 0 Å². The summed E-state index contributed by atoms with van der Waals surface area (Å²) in [6.07, 6.45) is 49.5. The molecule has 0 radical (unpaired) electrons. The molecule has 1 atom stereocenters. The number of carbonyl (C=O) groups is 3. The fourth-order valence-electron chi connectivity index (χ4n) is 6.20. The lowest BCUT2D eigenvalue weighted by atomic mass is 10.1. The predicted molar refractivity (Wildman–Crippen MR) is 229 cm³/mol. The summed E-state index contributed by atoms with van der Waals surface area (Å²) in [4.78, 5) is 37.7. The molecular weight excluding hydrogens is 673 g/mol. The number of allylic oxidation sites excluding steroid dienone is 8. The van der Waals surface area contributed by atoms with Crippen LogP contribution in [0.1, 0.15) is 220 Å². The average Bonchev–Trinajstić information content (AvgIpc) is 3.17. The quantitative estimate of drug-likeness (QED) is 0.0268. The van der Waals surface area contributed by atoms with Gasteiger partial charge in [0.1, 0.15) is 13.2 Å². The second-order valence-corrected chi connectivity index (χ2v) is 14.9. The van der Waals surface area contributed by atoms with Crippen LogP contribution in [0.15, 0.2) is 48.6 Å². The normalized spacial score (nSPS) is 12.4. The van der Waals surface area contributed by atoms with E-state index in [4.69, 9.17) is 14.2 Å². The maximum atomic E-state index is 12.7. The van der Waals surface area contributed by atoms with Crippen molar-refractivity contribution in [3.8, 4) is 0 Å². The third-order valence-electron chi connectivity index (χ3n) is 9.60. The van der Waals surface area contributed by atoms with E-state index < -0.39 is 6.10 Å². The monoisotopic (exact) mass is 757 g/mol. The van der Waals surface area contributed by atoms with Gasteiger partial charge in [-0.3, -0.25) is 14.4 Å². The Morgan fingerprint density at radius 3 is 1.13 bits per heavy atom. The Balaban J connectivity index is 4.42. The summed E-state index contributed by atoms with van der Waals surface area (Å²) in [6.45, 7) is 6.46. The van der Waals surface area contributed by atoms with Crippen molar-refractivity contribution in [1.82, 2.24) is 0 Å². The molecule has 0 aliphatic heterocycles. The zero-order valence-electron chi connectivity index (χ0n) is 35.5. The minimum Gasteiger partial charge on any atom is -0.462 e. The number of hydrogen-bond acceptors (Lipinski definition) is 6. The molecule has 0 N–H and O–H groups in total. The molecule has 0 amide bonds. The lowest BCUT2D eigenvalue weighted by Crippen LogP contribution is -2.30. The van der Waals surface area contributed by atoms with Crippen LogP contribution >= 0.6 is 0 Å². The smallest absolute Gasteiger partial charge is 0.306 e. The summed E-state index contributed by atoms with van der Waals surface area (Å²) in [7, 11) is 0. The minimum atomic E-state index is -0.782. The summed E-state index contributed by atoms with van der Waals surface area (Å²) in [5.74, 6) is -0.929.